The molecule has 0 unspecified atom stereocenters. The largest absolute Gasteiger partial charge is 0.324 e. The smallest absolute Gasteiger partial charge is 0.294 e. The lowest BCUT2D eigenvalue weighted by atomic mass is 10.0. The third-order valence-corrected chi connectivity index (χ3v) is 10.5. The molecule has 0 amide bonds. The molecule has 2 aromatic heterocycles. The first kappa shape index (κ1) is 39.3. The van der Waals surface area contributed by atoms with Gasteiger partial charge in [0, 0.05) is 40.2 Å². The third kappa shape index (κ3) is 9.74. The number of benzene rings is 6. The number of anilines is 10. The van der Waals surface area contributed by atoms with Crippen LogP contribution in [0.3, 0.4) is 0 Å². The van der Waals surface area contributed by atoms with E-state index in [9.17, 15) is 25.9 Å². The monoisotopic (exact) mass is 839 g/mol. The summed E-state index contributed by atoms with van der Waals surface area (Å²) < 4.78 is 65.1. The van der Waals surface area contributed by atoms with Gasteiger partial charge in [0.05, 0.1) is 9.79 Å². The van der Waals surface area contributed by atoms with Gasteiger partial charge in [-0.25, -0.2) is 0 Å². The number of para-hydroxylation sites is 2. The summed E-state index contributed by atoms with van der Waals surface area (Å²) in [4.78, 5) is 27.2. The number of aromatic nitrogens is 6. The van der Waals surface area contributed by atoms with E-state index in [2.05, 4.69) is 46.5 Å². The number of rotatable bonds is 14. The van der Waals surface area contributed by atoms with Crippen molar-refractivity contribution in [1.82, 2.24) is 29.9 Å². The lowest BCUT2D eigenvalue weighted by Crippen LogP contribution is -2.09. The second-order valence-corrected chi connectivity index (χ2v) is 15.9. The van der Waals surface area contributed by atoms with Gasteiger partial charge in [-0.05, 0) is 89.8 Å². The van der Waals surface area contributed by atoms with E-state index in [0.29, 0.717) is 29.3 Å². The minimum Gasteiger partial charge on any atom is -0.324 e. The Balaban J connectivity index is 1.10. The Hall–Kier alpha value is -7.58. The molecule has 8 rings (SSSR count). The third-order valence-electron chi connectivity index (χ3n) is 8.80. The molecule has 0 bridgehead atoms. The molecule has 0 saturated carbocycles. The Morgan fingerprint density at radius 1 is 0.383 bits per heavy atom. The summed E-state index contributed by atoms with van der Waals surface area (Å²) >= 11 is 0. The molecular formula is C41H33N11O6S2. The quantitative estimate of drug-likeness (QED) is 0.0512. The summed E-state index contributed by atoms with van der Waals surface area (Å²) in [5, 5.41) is 17.7. The zero-order valence-electron chi connectivity index (χ0n) is 31.1. The first-order valence-corrected chi connectivity index (χ1v) is 20.9. The van der Waals surface area contributed by atoms with Gasteiger partial charge in [0.1, 0.15) is 5.82 Å². The molecule has 0 saturated heterocycles. The molecule has 8 aromatic rings. The van der Waals surface area contributed by atoms with Gasteiger partial charge in [0.2, 0.25) is 29.7 Å². The molecule has 0 radical (unpaired) electrons. The van der Waals surface area contributed by atoms with Gasteiger partial charge in [-0.3, -0.25) is 9.11 Å². The zero-order chi connectivity index (χ0) is 41.7. The van der Waals surface area contributed by atoms with Crippen LogP contribution in [0.25, 0.3) is 10.8 Å². The maximum atomic E-state index is 11.6. The van der Waals surface area contributed by atoms with Crippen LogP contribution in [0.5, 0.6) is 0 Å². The van der Waals surface area contributed by atoms with E-state index in [1.807, 2.05) is 97.1 Å². The van der Waals surface area contributed by atoms with Crippen LogP contribution < -0.4 is 26.6 Å². The molecule has 2 heterocycles. The molecule has 0 spiro atoms. The van der Waals surface area contributed by atoms with Crippen LogP contribution >= 0.6 is 0 Å². The van der Waals surface area contributed by atoms with E-state index in [-0.39, 0.29) is 39.5 Å². The standard InChI is InChI=1S/C41H33N11O6S2/c53-59(54,55)31-21-17-29(18-22-31)44-38-48-36(47-37(49-38)42-27-10-3-1-4-11-27)25-26-9-7-15-34-33(26)14-8-16-35(34)46-41-51-39(43-28-12-5-2-6-13-28)50-40(52-41)45-30-19-23-32(24-20-30)60(56,57)58/h1-24H,25H2,(H,53,54,55)(H,56,57,58)(H2,42,44,47,48,49)(H3,43,45,46,50,51,52). The van der Waals surface area contributed by atoms with Crippen LogP contribution in [-0.4, -0.2) is 55.8 Å². The van der Waals surface area contributed by atoms with Gasteiger partial charge in [-0.1, -0.05) is 66.7 Å². The van der Waals surface area contributed by atoms with Crippen molar-refractivity contribution in [3.8, 4) is 0 Å². The van der Waals surface area contributed by atoms with E-state index in [0.717, 1.165) is 27.7 Å². The summed E-state index contributed by atoms with van der Waals surface area (Å²) in [7, 11) is -8.74. The lowest BCUT2D eigenvalue weighted by Gasteiger charge is -2.14. The number of hydrogen-bond acceptors (Lipinski definition) is 15. The van der Waals surface area contributed by atoms with Gasteiger partial charge >= 0.3 is 0 Å². The number of nitrogens with one attached hydrogen (secondary N) is 5. The predicted molar refractivity (Wildman–Crippen MR) is 228 cm³/mol. The Labute approximate surface area is 343 Å². The maximum Gasteiger partial charge on any atom is 0.294 e. The van der Waals surface area contributed by atoms with E-state index < -0.39 is 20.2 Å². The minimum atomic E-state index is -4.37. The van der Waals surface area contributed by atoms with Crippen molar-refractivity contribution in [3.05, 3.63) is 157 Å². The average molecular weight is 840 g/mol. The number of hydrogen-bond donors (Lipinski definition) is 7. The second-order valence-electron chi connectivity index (χ2n) is 13.1. The second kappa shape index (κ2) is 16.7. The molecule has 0 aliphatic rings. The Kier molecular flexibility index (Phi) is 10.9. The van der Waals surface area contributed by atoms with Crippen molar-refractivity contribution in [2.24, 2.45) is 0 Å². The van der Waals surface area contributed by atoms with E-state index in [1.54, 1.807) is 0 Å². The molecule has 0 aliphatic carbocycles. The minimum absolute atomic E-state index is 0.153. The zero-order valence-corrected chi connectivity index (χ0v) is 32.7. The average Bonchev–Trinajstić information content (AvgIpc) is 3.22. The summed E-state index contributed by atoms with van der Waals surface area (Å²) in [6, 6.07) is 41.4. The highest BCUT2D eigenvalue weighted by atomic mass is 32.2. The van der Waals surface area contributed by atoms with Crippen LogP contribution in [0.1, 0.15) is 11.4 Å². The molecule has 19 heteroatoms. The van der Waals surface area contributed by atoms with Crippen molar-refractivity contribution in [3.63, 3.8) is 0 Å². The van der Waals surface area contributed by atoms with Crippen molar-refractivity contribution in [2.45, 2.75) is 16.2 Å². The fraction of sp³-hybridized carbons (Fsp3) is 0.0244. The fourth-order valence-electron chi connectivity index (χ4n) is 6.06. The van der Waals surface area contributed by atoms with Gasteiger partial charge < -0.3 is 26.6 Å². The first-order chi connectivity index (χ1) is 28.9. The Morgan fingerprint density at radius 2 is 0.767 bits per heavy atom. The predicted octanol–water partition coefficient (Wildman–Crippen LogP) is 8.01. The summed E-state index contributed by atoms with van der Waals surface area (Å²) in [5.41, 5.74) is 4.03. The molecule has 300 valence electrons. The SMILES string of the molecule is O=S(=O)(O)c1ccc(Nc2nc(Cc3cccc4c(Nc5nc(Nc6ccccc6)nc(Nc6ccc(S(=O)(=O)O)cc6)n5)cccc34)nc(Nc3ccccc3)n2)cc1. The maximum absolute atomic E-state index is 11.6. The summed E-state index contributed by atoms with van der Waals surface area (Å²) in [5.74, 6) is 1.49. The highest BCUT2D eigenvalue weighted by molar-refractivity contribution is 7.86. The Morgan fingerprint density at radius 3 is 1.22 bits per heavy atom. The fourth-order valence-corrected chi connectivity index (χ4v) is 7.02. The van der Waals surface area contributed by atoms with Gasteiger partial charge in [0.25, 0.3) is 20.2 Å². The van der Waals surface area contributed by atoms with Gasteiger partial charge in [-0.15, -0.1) is 0 Å². The first-order valence-electron chi connectivity index (χ1n) is 18.0. The molecule has 0 atom stereocenters. The number of nitrogens with zero attached hydrogens (tertiary/aromatic N) is 6. The lowest BCUT2D eigenvalue weighted by molar-refractivity contribution is 0.481. The van der Waals surface area contributed by atoms with Crippen LogP contribution in [0.4, 0.5) is 58.2 Å². The summed E-state index contributed by atoms with van der Waals surface area (Å²) in [6.07, 6.45) is 0.296. The van der Waals surface area contributed by atoms with Crippen LogP contribution in [0, 0.1) is 0 Å². The van der Waals surface area contributed by atoms with Crippen molar-refractivity contribution in [2.75, 3.05) is 26.6 Å². The van der Waals surface area contributed by atoms with Crippen LogP contribution in [0.2, 0.25) is 0 Å². The molecule has 7 N–H and O–H groups in total. The highest BCUT2D eigenvalue weighted by Gasteiger charge is 2.15. The molecule has 0 fully saturated rings. The topological polar surface area (TPSA) is 246 Å². The van der Waals surface area contributed by atoms with Gasteiger partial charge in [-0.2, -0.15) is 46.7 Å². The van der Waals surface area contributed by atoms with Crippen molar-refractivity contribution in [1.29, 1.82) is 0 Å². The summed E-state index contributed by atoms with van der Waals surface area (Å²) in [6.45, 7) is 0. The molecule has 6 aromatic carbocycles. The van der Waals surface area contributed by atoms with Crippen LogP contribution in [-0.2, 0) is 26.7 Å². The molecule has 0 aliphatic heterocycles. The van der Waals surface area contributed by atoms with E-state index in [4.69, 9.17) is 9.97 Å². The van der Waals surface area contributed by atoms with Crippen LogP contribution in [0.15, 0.2) is 155 Å². The highest BCUT2D eigenvalue weighted by Crippen LogP contribution is 2.31. The van der Waals surface area contributed by atoms with Crippen molar-refractivity contribution < 1.29 is 25.9 Å². The van der Waals surface area contributed by atoms with E-state index in [1.165, 1.54) is 48.5 Å². The molecule has 17 nitrogen and oxygen atoms in total. The molecular weight excluding hydrogens is 807 g/mol. The van der Waals surface area contributed by atoms with E-state index >= 15 is 0 Å². The van der Waals surface area contributed by atoms with Crippen molar-refractivity contribution >= 4 is 89.2 Å². The molecule has 60 heavy (non-hydrogen) atoms. The van der Waals surface area contributed by atoms with Gasteiger partial charge in [0.15, 0.2) is 0 Å². The normalized spacial score (nSPS) is 11.5. The Bertz CT molecular complexity index is 2830. The number of fused-ring (bicyclic) bond motifs is 1.